The van der Waals surface area contributed by atoms with Gasteiger partial charge in [-0.3, -0.25) is 4.98 Å². The Morgan fingerprint density at radius 2 is 2.12 bits per heavy atom. The summed E-state index contributed by atoms with van der Waals surface area (Å²) < 4.78 is 11.0. The average Bonchev–Trinajstić information content (AvgIpc) is 2.29. The highest BCUT2D eigenvalue weighted by molar-refractivity contribution is 5.09. The molecule has 0 bridgehead atoms. The summed E-state index contributed by atoms with van der Waals surface area (Å²) in [6.07, 6.45) is 5.75. The SMILES string of the molecule is CCC1(COCCc2ccncc2)COC1. The molecule has 2 rings (SSSR count). The predicted octanol–water partition coefficient (Wildman–Crippen LogP) is 2.07. The second-order valence-electron chi connectivity index (χ2n) is 4.50. The van der Waals surface area contributed by atoms with E-state index < -0.39 is 0 Å². The van der Waals surface area contributed by atoms with Crippen LogP contribution in [0, 0.1) is 5.41 Å². The van der Waals surface area contributed by atoms with Crippen LogP contribution in [0.25, 0.3) is 0 Å². The quantitative estimate of drug-likeness (QED) is 0.689. The molecule has 16 heavy (non-hydrogen) atoms. The Balaban J connectivity index is 1.65. The first-order valence-electron chi connectivity index (χ1n) is 5.89. The van der Waals surface area contributed by atoms with Crippen molar-refractivity contribution in [2.24, 2.45) is 5.41 Å². The summed E-state index contributed by atoms with van der Waals surface area (Å²) in [7, 11) is 0. The first kappa shape index (κ1) is 11.6. The zero-order valence-corrected chi connectivity index (χ0v) is 9.82. The van der Waals surface area contributed by atoms with Crippen LogP contribution in [-0.2, 0) is 15.9 Å². The number of nitrogens with zero attached hydrogens (tertiary/aromatic N) is 1. The number of hydrogen-bond donors (Lipinski definition) is 0. The summed E-state index contributed by atoms with van der Waals surface area (Å²) in [5, 5.41) is 0. The molecule has 0 aliphatic carbocycles. The Morgan fingerprint density at radius 3 is 2.69 bits per heavy atom. The van der Waals surface area contributed by atoms with Gasteiger partial charge in [0.05, 0.1) is 26.4 Å². The van der Waals surface area contributed by atoms with Crippen LogP contribution >= 0.6 is 0 Å². The molecule has 0 amide bonds. The van der Waals surface area contributed by atoms with Gasteiger partial charge in [-0.1, -0.05) is 6.92 Å². The van der Waals surface area contributed by atoms with Crippen molar-refractivity contribution in [1.82, 2.24) is 4.98 Å². The van der Waals surface area contributed by atoms with E-state index in [9.17, 15) is 0 Å². The third kappa shape index (κ3) is 2.80. The molecule has 1 aromatic rings. The lowest BCUT2D eigenvalue weighted by Gasteiger charge is -2.40. The zero-order valence-electron chi connectivity index (χ0n) is 9.82. The van der Waals surface area contributed by atoms with Crippen LogP contribution in [0.5, 0.6) is 0 Å². The Morgan fingerprint density at radius 1 is 1.38 bits per heavy atom. The van der Waals surface area contributed by atoms with Crippen molar-refractivity contribution >= 4 is 0 Å². The molecule has 3 heteroatoms. The first-order chi connectivity index (χ1) is 7.85. The molecule has 3 nitrogen and oxygen atoms in total. The maximum absolute atomic E-state index is 5.74. The van der Waals surface area contributed by atoms with Crippen molar-refractivity contribution < 1.29 is 9.47 Å². The maximum atomic E-state index is 5.74. The third-order valence-corrected chi connectivity index (χ3v) is 3.26. The Bertz CT molecular complexity index is 303. The summed E-state index contributed by atoms with van der Waals surface area (Å²) in [5.41, 5.74) is 1.59. The Labute approximate surface area is 96.8 Å². The van der Waals surface area contributed by atoms with Crippen molar-refractivity contribution in [3.8, 4) is 0 Å². The van der Waals surface area contributed by atoms with E-state index in [4.69, 9.17) is 9.47 Å². The van der Waals surface area contributed by atoms with Gasteiger partial charge in [0.2, 0.25) is 0 Å². The average molecular weight is 221 g/mol. The van der Waals surface area contributed by atoms with Gasteiger partial charge in [-0.15, -0.1) is 0 Å². The van der Waals surface area contributed by atoms with Crippen LogP contribution in [0.4, 0.5) is 0 Å². The minimum absolute atomic E-state index is 0.304. The van der Waals surface area contributed by atoms with Crippen molar-refractivity contribution in [2.45, 2.75) is 19.8 Å². The standard InChI is InChI=1S/C13H19NO2/c1-2-13(10-16-11-13)9-15-8-5-12-3-6-14-7-4-12/h3-4,6-7H,2,5,8-11H2,1H3. The van der Waals surface area contributed by atoms with Crippen LogP contribution < -0.4 is 0 Å². The van der Waals surface area contributed by atoms with E-state index in [0.29, 0.717) is 5.41 Å². The van der Waals surface area contributed by atoms with Gasteiger partial charge in [0.15, 0.2) is 0 Å². The van der Waals surface area contributed by atoms with Gasteiger partial charge < -0.3 is 9.47 Å². The van der Waals surface area contributed by atoms with Crippen LogP contribution in [0.3, 0.4) is 0 Å². The molecule has 0 saturated carbocycles. The largest absolute Gasteiger partial charge is 0.380 e. The summed E-state index contributed by atoms with van der Waals surface area (Å²) >= 11 is 0. The fraction of sp³-hybridized carbons (Fsp3) is 0.615. The number of aromatic nitrogens is 1. The molecule has 0 atom stereocenters. The van der Waals surface area contributed by atoms with E-state index in [2.05, 4.69) is 11.9 Å². The molecule has 1 aliphatic rings. The lowest BCUT2D eigenvalue weighted by atomic mass is 9.84. The van der Waals surface area contributed by atoms with Gasteiger partial charge in [0, 0.05) is 17.8 Å². The van der Waals surface area contributed by atoms with Crippen molar-refractivity contribution in [3.05, 3.63) is 30.1 Å². The molecule has 88 valence electrons. The van der Waals surface area contributed by atoms with E-state index in [1.54, 1.807) is 0 Å². The number of pyridine rings is 1. The summed E-state index contributed by atoms with van der Waals surface area (Å²) in [6, 6.07) is 4.07. The van der Waals surface area contributed by atoms with Crippen molar-refractivity contribution in [2.75, 3.05) is 26.4 Å². The molecule has 1 saturated heterocycles. The highest BCUT2D eigenvalue weighted by atomic mass is 16.5. The monoisotopic (exact) mass is 221 g/mol. The van der Waals surface area contributed by atoms with Gasteiger partial charge in [0.25, 0.3) is 0 Å². The van der Waals surface area contributed by atoms with Gasteiger partial charge in [0.1, 0.15) is 0 Å². The minimum Gasteiger partial charge on any atom is -0.380 e. The van der Waals surface area contributed by atoms with Gasteiger partial charge in [-0.05, 0) is 30.5 Å². The topological polar surface area (TPSA) is 31.4 Å². The molecular weight excluding hydrogens is 202 g/mol. The van der Waals surface area contributed by atoms with Crippen molar-refractivity contribution in [3.63, 3.8) is 0 Å². The molecule has 0 spiro atoms. The second kappa shape index (κ2) is 5.41. The van der Waals surface area contributed by atoms with E-state index >= 15 is 0 Å². The highest BCUT2D eigenvalue weighted by Crippen LogP contribution is 2.31. The molecular formula is C13H19NO2. The Kier molecular flexibility index (Phi) is 3.91. The van der Waals surface area contributed by atoms with E-state index in [0.717, 1.165) is 39.3 Å². The van der Waals surface area contributed by atoms with Gasteiger partial charge >= 0.3 is 0 Å². The van der Waals surface area contributed by atoms with Crippen LogP contribution in [0.2, 0.25) is 0 Å². The third-order valence-electron chi connectivity index (χ3n) is 3.26. The van der Waals surface area contributed by atoms with Crippen LogP contribution in [0.1, 0.15) is 18.9 Å². The zero-order chi connectivity index (χ0) is 11.3. The number of hydrogen-bond acceptors (Lipinski definition) is 3. The first-order valence-corrected chi connectivity index (χ1v) is 5.89. The van der Waals surface area contributed by atoms with Gasteiger partial charge in [-0.2, -0.15) is 0 Å². The predicted molar refractivity (Wildman–Crippen MR) is 62.3 cm³/mol. The molecule has 2 heterocycles. The van der Waals surface area contributed by atoms with E-state index in [-0.39, 0.29) is 0 Å². The van der Waals surface area contributed by atoms with Gasteiger partial charge in [-0.25, -0.2) is 0 Å². The highest BCUT2D eigenvalue weighted by Gasteiger charge is 2.36. The molecule has 1 fully saturated rings. The maximum Gasteiger partial charge on any atom is 0.0566 e. The lowest BCUT2D eigenvalue weighted by Crippen LogP contribution is -2.45. The second-order valence-corrected chi connectivity index (χ2v) is 4.50. The molecule has 0 radical (unpaired) electrons. The smallest absolute Gasteiger partial charge is 0.0566 e. The summed E-state index contributed by atoms with van der Waals surface area (Å²) in [5.74, 6) is 0. The molecule has 0 unspecified atom stereocenters. The lowest BCUT2D eigenvalue weighted by molar-refractivity contribution is -0.149. The molecule has 0 N–H and O–H groups in total. The van der Waals surface area contributed by atoms with Crippen LogP contribution in [-0.4, -0.2) is 31.4 Å². The minimum atomic E-state index is 0.304. The molecule has 1 aliphatic heterocycles. The number of ether oxygens (including phenoxy) is 2. The van der Waals surface area contributed by atoms with E-state index in [1.165, 1.54) is 5.56 Å². The fourth-order valence-electron chi connectivity index (χ4n) is 1.81. The summed E-state index contributed by atoms with van der Waals surface area (Å²) in [4.78, 5) is 3.99. The fourth-order valence-corrected chi connectivity index (χ4v) is 1.81. The van der Waals surface area contributed by atoms with Crippen molar-refractivity contribution in [1.29, 1.82) is 0 Å². The normalized spacial score (nSPS) is 18.1. The number of rotatable bonds is 6. The summed E-state index contributed by atoms with van der Waals surface area (Å²) in [6.45, 7) is 5.53. The molecule has 1 aromatic heterocycles. The van der Waals surface area contributed by atoms with Crippen LogP contribution in [0.15, 0.2) is 24.5 Å². The molecule has 0 aromatic carbocycles. The van der Waals surface area contributed by atoms with E-state index in [1.807, 2.05) is 24.5 Å². The Hall–Kier alpha value is -0.930.